The quantitative estimate of drug-likeness (QED) is 0.532. The molecular weight excluding hydrogens is 347 g/mol. The molecule has 0 radical (unpaired) electrons. The van der Waals surface area contributed by atoms with Crippen molar-refractivity contribution in [3.05, 3.63) is 65.9 Å². The van der Waals surface area contributed by atoms with E-state index in [2.05, 4.69) is 25.4 Å². The average Bonchev–Trinajstić information content (AvgIpc) is 3.15. The molecule has 0 amide bonds. The Morgan fingerprint density at radius 1 is 1.26 bits per heavy atom. The molecule has 140 valence electrons. The lowest BCUT2D eigenvalue weighted by molar-refractivity contribution is 0.420. The monoisotopic (exact) mass is 368 g/mol. The first-order valence-electron chi connectivity index (χ1n) is 8.56. The second-order valence-electron chi connectivity index (χ2n) is 5.94. The van der Waals surface area contributed by atoms with Crippen molar-refractivity contribution in [1.82, 2.24) is 25.3 Å². The maximum atomic E-state index is 13.3. The van der Waals surface area contributed by atoms with E-state index in [1.165, 1.54) is 12.1 Å². The van der Waals surface area contributed by atoms with Crippen molar-refractivity contribution in [3.63, 3.8) is 0 Å². The Morgan fingerprint density at radius 2 is 2.15 bits per heavy atom. The van der Waals surface area contributed by atoms with Crippen LogP contribution in [0.4, 0.5) is 4.39 Å². The van der Waals surface area contributed by atoms with Gasteiger partial charge in [-0.1, -0.05) is 23.4 Å². The minimum absolute atomic E-state index is 0.246. The number of hydrogen-bond acceptors (Lipinski definition) is 5. The fourth-order valence-electron chi connectivity index (χ4n) is 2.60. The van der Waals surface area contributed by atoms with Crippen LogP contribution in [0.5, 0.6) is 0 Å². The molecule has 0 saturated heterocycles. The van der Waals surface area contributed by atoms with Gasteiger partial charge in [0.25, 0.3) is 5.89 Å². The van der Waals surface area contributed by atoms with Crippen LogP contribution in [0.15, 0.2) is 58.2 Å². The zero-order valence-electron chi connectivity index (χ0n) is 15.3. The number of rotatable bonds is 6. The predicted molar refractivity (Wildman–Crippen MR) is 100 cm³/mol. The van der Waals surface area contributed by atoms with E-state index in [0.29, 0.717) is 42.9 Å². The lowest BCUT2D eigenvalue weighted by atomic mass is 10.2. The third kappa shape index (κ3) is 5.10. The molecule has 0 aliphatic rings. The van der Waals surface area contributed by atoms with Gasteiger partial charge in [0, 0.05) is 39.8 Å². The summed E-state index contributed by atoms with van der Waals surface area (Å²) < 4.78 is 18.6. The van der Waals surface area contributed by atoms with Gasteiger partial charge in [0.15, 0.2) is 11.8 Å². The van der Waals surface area contributed by atoms with Crippen LogP contribution in [0.1, 0.15) is 11.4 Å². The molecule has 0 unspecified atom stereocenters. The van der Waals surface area contributed by atoms with Gasteiger partial charge in [-0.25, -0.2) is 4.39 Å². The molecule has 0 aliphatic heterocycles. The van der Waals surface area contributed by atoms with E-state index in [4.69, 9.17) is 4.52 Å². The molecule has 0 atom stereocenters. The minimum atomic E-state index is -0.246. The SMILES string of the molecule is CN=C(NCCc1noc(-c2ccccn2)n1)N(C)Cc1cccc(F)c1. The standard InChI is InChI=1S/C19H21FN6O/c1-21-19(26(2)13-14-6-5-7-15(20)12-14)23-11-9-17-24-18(27-25-17)16-8-3-4-10-22-16/h3-8,10,12H,9,11,13H2,1-2H3,(H,21,23). The maximum Gasteiger partial charge on any atom is 0.276 e. The first kappa shape index (κ1) is 18.5. The third-order valence-corrected chi connectivity index (χ3v) is 3.87. The lowest BCUT2D eigenvalue weighted by Gasteiger charge is -2.22. The van der Waals surface area contributed by atoms with Gasteiger partial charge in [-0.15, -0.1) is 0 Å². The van der Waals surface area contributed by atoms with Crippen LogP contribution in [0.2, 0.25) is 0 Å². The molecule has 0 fully saturated rings. The van der Waals surface area contributed by atoms with Crippen molar-refractivity contribution in [3.8, 4) is 11.6 Å². The van der Waals surface area contributed by atoms with Crippen LogP contribution < -0.4 is 5.32 Å². The molecule has 1 N–H and O–H groups in total. The summed E-state index contributed by atoms with van der Waals surface area (Å²) in [6, 6.07) is 12.0. The van der Waals surface area contributed by atoms with Crippen LogP contribution in [0, 0.1) is 5.82 Å². The summed E-state index contributed by atoms with van der Waals surface area (Å²) in [5, 5.41) is 7.22. The second kappa shape index (κ2) is 8.88. The third-order valence-electron chi connectivity index (χ3n) is 3.87. The Kier molecular flexibility index (Phi) is 6.09. The van der Waals surface area contributed by atoms with E-state index in [9.17, 15) is 4.39 Å². The number of hydrogen-bond donors (Lipinski definition) is 1. The van der Waals surface area contributed by atoms with Crippen molar-refractivity contribution >= 4 is 5.96 Å². The molecule has 27 heavy (non-hydrogen) atoms. The number of aliphatic imine (C=N–C) groups is 1. The Hall–Kier alpha value is -3.29. The average molecular weight is 368 g/mol. The summed E-state index contributed by atoms with van der Waals surface area (Å²) in [4.78, 5) is 14.7. The van der Waals surface area contributed by atoms with Crippen molar-refractivity contribution in [2.45, 2.75) is 13.0 Å². The molecule has 0 spiro atoms. The first-order valence-corrected chi connectivity index (χ1v) is 8.56. The molecule has 3 rings (SSSR count). The topological polar surface area (TPSA) is 79.4 Å². The Balaban J connectivity index is 1.52. The van der Waals surface area contributed by atoms with Gasteiger partial charge in [0.05, 0.1) is 0 Å². The summed E-state index contributed by atoms with van der Waals surface area (Å²) in [6.07, 6.45) is 2.25. The van der Waals surface area contributed by atoms with E-state index >= 15 is 0 Å². The number of pyridine rings is 1. The van der Waals surface area contributed by atoms with Gasteiger partial charge in [-0.05, 0) is 29.8 Å². The normalized spacial score (nSPS) is 11.4. The summed E-state index contributed by atoms with van der Waals surface area (Å²) >= 11 is 0. The van der Waals surface area contributed by atoms with Crippen LogP contribution in [0.25, 0.3) is 11.6 Å². The van der Waals surface area contributed by atoms with Crippen molar-refractivity contribution in [2.75, 3.05) is 20.6 Å². The second-order valence-corrected chi connectivity index (χ2v) is 5.94. The van der Waals surface area contributed by atoms with Crippen LogP contribution >= 0.6 is 0 Å². The summed E-state index contributed by atoms with van der Waals surface area (Å²) in [5.74, 6) is 1.45. The van der Waals surface area contributed by atoms with Crippen LogP contribution in [0.3, 0.4) is 0 Å². The van der Waals surface area contributed by atoms with Crippen molar-refractivity contribution < 1.29 is 8.91 Å². The molecule has 0 bridgehead atoms. The highest BCUT2D eigenvalue weighted by Crippen LogP contribution is 2.13. The van der Waals surface area contributed by atoms with E-state index in [1.54, 1.807) is 19.3 Å². The van der Waals surface area contributed by atoms with Gasteiger partial charge in [-0.3, -0.25) is 9.98 Å². The van der Waals surface area contributed by atoms with Gasteiger partial charge in [0.1, 0.15) is 11.5 Å². The fourth-order valence-corrected chi connectivity index (χ4v) is 2.60. The minimum Gasteiger partial charge on any atom is -0.356 e. The van der Waals surface area contributed by atoms with Gasteiger partial charge in [0.2, 0.25) is 0 Å². The van der Waals surface area contributed by atoms with Gasteiger partial charge >= 0.3 is 0 Å². The number of benzene rings is 1. The molecule has 0 saturated carbocycles. The molecule has 7 nitrogen and oxygen atoms in total. The molecular formula is C19H21FN6O. The van der Waals surface area contributed by atoms with E-state index in [-0.39, 0.29) is 5.82 Å². The molecule has 8 heteroatoms. The Labute approximate surface area is 157 Å². The zero-order valence-corrected chi connectivity index (χ0v) is 15.3. The largest absolute Gasteiger partial charge is 0.356 e. The van der Waals surface area contributed by atoms with E-state index in [1.807, 2.05) is 36.2 Å². The number of nitrogens with one attached hydrogen (secondary N) is 1. The van der Waals surface area contributed by atoms with Crippen molar-refractivity contribution in [2.24, 2.45) is 4.99 Å². The highest BCUT2D eigenvalue weighted by atomic mass is 19.1. The summed E-state index contributed by atoms with van der Waals surface area (Å²) in [7, 11) is 3.60. The van der Waals surface area contributed by atoms with Crippen LogP contribution in [-0.4, -0.2) is 46.6 Å². The molecule has 2 heterocycles. The zero-order chi connectivity index (χ0) is 19.1. The molecule has 3 aromatic rings. The van der Waals surface area contributed by atoms with E-state index in [0.717, 1.165) is 5.56 Å². The highest BCUT2D eigenvalue weighted by molar-refractivity contribution is 5.79. The smallest absolute Gasteiger partial charge is 0.276 e. The van der Waals surface area contributed by atoms with Crippen molar-refractivity contribution in [1.29, 1.82) is 0 Å². The maximum absolute atomic E-state index is 13.3. The number of halogens is 1. The highest BCUT2D eigenvalue weighted by Gasteiger charge is 2.11. The van der Waals surface area contributed by atoms with E-state index < -0.39 is 0 Å². The number of guanidine groups is 1. The Bertz CT molecular complexity index is 896. The number of nitrogens with zero attached hydrogens (tertiary/aromatic N) is 5. The summed E-state index contributed by atoms with van der Waals surface area (Å²) in [6.45, 7) is 1.13. The first-order chi connectivity index (χ1) is 13.2. The fraction of sp³-hybridized carbons (Fsp3) is 0.263. The Morgan fingerprint density at radius 3 is 2.89 bits per heavy atom. The molecule has 2 aromatic heterocycles. The predicted octanol–water partition coefficient (Wildman–Crippen LogP) is 2.52. The van der Waals surface area contributed by atoms with Crippen LogP contribution in [-0.2, 0) is 13.0 Å². The van der Waals surface area contributed by atoms with Gasteiger partial charge in [-0.2, -0.15) is 4.98 Å². The van der Waals surface area contributed by atoms with Gasteiger partial charge < -0.3 is 14.7 Å². The summed E-state index contributed by atoms with van der Waals surface area (Å²) in [5.41, 5.74) is 1.52. The molecule has 1 aromatic carbocycles. The molecule has 0 aliphatic carbocycles. The number of aromatic nitrogens is 3. The lowest BCUT2D eigenvalue weighted by Crippen LogP contribution is -2.39.